The topological polar surface area (TPSA) is 66.9 Å². The molecule has 2 aliphatic rings. The first-order chi connectivity index (χ1) is 13.2. The average molecular weight is 368 g/mol. The quantitative estimate of drug-likeness (QED) is 0.886. The van der Waals surface area contributed by atoms with Gasteiger partial charge in [0.15, 0.2) is 0 Å². The van der Waals surface area contributed by atoms with Crippen molar-refractivity contribution in [2.75, 3.05) is 56.3 Å². The molecule has 3 heterocycles. The highest BCUT2D eigenvalue weighted by Crippen LogP contribution is 2.31. The van der Waals surface area contributed by atoms with E-state index in [-0.39, 0.29) is 5.91 Å². The highest BCUT2D eigenvalue weighted by molar-refractivity contribution is 5.95. The van der Waals surface area contributed by atoms with Crippen LogP contribution in [0.5, 0.6) is 5.75 Å². The summed E-state index contributed by atoms with van der Waals surface area (Å²) >= 11 is 0. The first kappa shape index (κ1) is 17.6. The number of nitrogens with zero attached hydrogens (tertiary/aromatic N) is 3. The van der Waals surface area contributed by atoms with E-state index >= 15 is 0 Å². The van der Waals surface area contributed by atoms with Gasteiger partial charge >= 0.3 is 0 Å². The number of carbonyl (C=O) groups is 1. The van der Waals surface area contributed by atoms with Crippen LogP contribution in [0, 0.1) is 0 Å². The van der Waals surface area contributed by atoms with Crippen molar-refractivity contribution in [1.82, 2.24) is 10.3 Å². The van der Waals surface area contributed by atoms with Crippen LogP contribution in [0.4, 0.5) is 11.5 Å². The van der Waals surface area contributed by atoms with Crippen LogP contribution in [0.15, 0.2) is 36.4 Å². The second kappa shape index (κ2) is 7.84. The summed E-state index contributed by atoms with van der Waals surface area (Å²) in [6, 6.07) is 11.4. The van der Waals surface area contributed by atoms with Crippen molar-refractivity contribution in [3.8, 4) is 5.75 Å². The number of carbonyl (C=O) groups excluding carboxylic acids is 1. The molecular formula is C20H24N4O3. The number of anilines is 2. The molecule has 0 bridgehead atoms. The Hall–Kier alpha value is -2.80. The highest BCUT2D eigenvalue weighted by atomic mass is 16.5. The third-order valence-electron chi connectivity index (χ3n) is 4.87. The Morgan fingerprint density at radius 1 is 1.15 bits per heavy atom. The van der Waals surface area contributed by atoms with Crippen molar-refractivity contribution < 1.29 is 14.3 Å². The molecule has 2 aliphatic heterocycles. The van der Waals surface area contributed by atoms with Gasteiger partial charge in [0, 0.05) is 25.7 Å². The Morgan fingerprint density at radius 2 is 2.00 bits per heavy atom. The maximum absolute atomic E-state index is 12.6. The minimum Gasteiger partial charge on any atom is -0.490 e. The fourth-order valence-corrected chi connectivity index (χ4v) is 3.30. The number of morpholine rings is 1. The summed E-state index contributed by atoms with van der Waals surface area (Å²) in [4.78, 5) is 21.5. The lowest BCUT2D eigenvalue weighted by Crippen LogP contribution is -2.37. The van der Waals surface area contributed by atoms with Crippen molar-refractivity contribution in [2.24, 2.45) is 0 Å². The standard InChI is InChI=1S/C20H24N4O3/c1-23-7-12-27-18-6-5-15(13-17(18)23)20(25)21-14-16-3-2-4-19(22-16)24-8-10-26-11-9-24/h2-6,13H,7-12,14H2,1H3,(H,21,25). The van der Waals surface area contributed by atoms with E-state index in [0.29, 0.717) is 18.7 Å². The third-order valence-corrected chi connectivity index (χ3v) is 4.87. The van der Waals surface area contributed by atoms with Crippen LogP contribution in [0.1, 0.15) is 16.1 Å². The Kier molecular flexibility index (Phi) is 5.11. The van der Waals surface area contributed by atoms with Crippen molar-refractivity contribution >= 4 is 17.4 Å². The molecule has 0 unspecified atom stereocenters. The highest BCUT2D eigenvalue weighted by Gasteiger charge is 2.17. The zero-order valence-corrected chi connectivity index (χ0v) is 15.5. The zero-order chi connectivity index (χ0) is 18.6. The Labute approximate surface area is 158 Å². The van der Waals surface area contributed by atoms with E-state index in [1.807, 2.05) is 37.4 Å². The molecule has 0 spiro atoms. The number of fused-ring (bicyclic) bond motifs is 1. The number of aromatic nitrogens is 1. The molecule has 4 rings (SSSR count). The SMILES string of the molecule is CN1CCOc2ccc(C(=O)NCc3cccc(N4CCOCC4)n3)cc21. The van der Waals surface area contributed by atoms with Crippen LogP contribution >= 0.6 is 0 Å². The van der Waals surface area contributed by atoms with Gasteiger partial charge in [-0.3, -0.25) is 4.79 Å². The number of likely N-dealkylation sites (N-methyl/N-ethyl adjacent to an activating group) is 1. The van der Waals surface area contributed by atoms with Crippen molar-refractivity contribution in [3.63, 3.8) is 0 Å². The molecule has 7 heteroatoms. The van der Waals surface area contributed by atoms with Crippen LogP contribution in [0.3, 0.4) is 0 Å². The van der Waals surface area contributed by atoms with Crippen LogP contribution in [-0.2, 0) is 11.3 Å². The van der Waals surface area contributed by atoms with Gasteiger partial charge in [-0.25, -0.2) is 4.98 Å². The smallest absolute Gasteiger partial charge is 0.251 e. The molecule has 1 aromatic carbocycles. The maximum Gasteiger partial charge on any atom is 0.251 e. The van der Waals surface area contributed by atoms with Gasteiger partial charge in [-0.15, -0.1) is 0 Å². The second-order valence-corrected chi connectivity index (χ2v) is 6.72. The fourth-order valence-electron chi connectivity index (χ4n) is 3.30. The number of amides is 1. The number of nitrogens with one attached hydrogen (secondary N) is 1. The van der Waals surface area contributed by atoms with Gasteiger partial charge in [0.2, 0.25) is 0 Å². The number of ether oxygens (including phenoxy) is 2. The second-order valence-electron chi connectivity index (χ2n) is 6.72. The Balaban J connectivity index is 1.41. The van der Waals surface area contributed by atoms with Gasteiger partial charge in [0.05, 0.1) is 37.7 Å². The maximum atomic E-state index is 12.6. The summed E-state index contributed by atoms with van der Waals surface area (Å²) in [5, 5.41) is 2.96. The van der Waals surface area contributed by atoms with Crippen molar-refractivity contribution in [2.45, 2.75) is 6.54 Å². The van der Waals surface area contributed by atoms with Gasteiger partial charge in [-0.05, 0) is 30.3 Å². The lowest BCUT2D eigenvalue weighted by molar-refractivity contribution is 0.0950. The Bertz CT molecular complexity index is 821. The Morgan fingerprint density at radius 3 is 2.85 bits per heavy atom. The van der Waals surface area contributed by atoms with Gasteiger partial charge in [-0.1, -0.05) is 6.07 Å². The molecule has 1 amide bonds. The summed E-state index contributed by atoms with van der Waals surface area (Å²) < 4.78 is 11.0. The van der Waals surface area contributed by atoms with E-state index in [0.717, 1.165) is 55.8 Å². The predicted molar refractivity (Wildman–Crippen MR) is 104 cm³/mol. The van der Waals surface area contributed by atoms with Crippen molar-refractivity contribution in [1.29, 1.82) is 0 Å². The summed E-state index contributed by atoms with van der Waals surface area (Å²) in [6.45, 7) is 5.00. The summed E-state index contributed by atoms with van der Waals surface area (Å²) in [7, 11) is 2.00. The lowest BCUT2D eigenvalue weighted by Gasteiger charge is -2.28. The van der Waals surface area contributed by atoms with E-state index in [2.05, 4.69) is 20.1 Å². The minimum absolute atomic E-state index is 0.115. The van der Waals surface area contributed by atoms with E-state index < -0.39 is 0 Å². The number of benzene rings is 1. The fraction of sp³-hybridized carbons (Fsp3) is 0.400. The van der Waals surface area contributed by atoms with Crippen molar-refractivity contribution in [3.05, 3.63) is 47.7 Å². The first-order valence-electron chi connectivity index (χ1n) is 9.25. The zero-order valence-electron chi connectivity index (χ0n) is 15.5. The summed E-state index contributed by atoms with van der Waals surface area (Å²) in [5.41, 5.74) is 2.41. The number of rotatable bonds is 4. The molecule has 0 atom stereocenters. The normalized spacial score (nSPS) is 16.5. The van der Waals surface area contributed by atoms with Gasteiger partial charge < -0.3 is 24.6 Å². The van der Waals surface area contributed by atoms with Crippen LogP contribution in [0.2, 0.25) is 0 Å². The number of hydrogen-bond acceptors (Lipinski definition) is 6. The number of hydrogen-bond donors (Lipinski definition) is 1. The minimum atomic E-state index is -0.115. The van der Waals surface area contributed by atoms with Gasteiger partial charge in [-0.2, -0.15) is 0 Å². The molecule has 1 aromatic heterocycles. The van der Waals surface area contributed by atoms with Gasteiger partial charge in [0.25, 0.3) is 5.91 Å². The first-order valence-corrected chi connectivity index (χ1v) is 9.25. The van der Waals surface area contributed by atoms with E-state index in [9.17, 15) is 4.79 Å². The monoisotopic (exact) mass is 368 g/mol. The molecule has 0 aliphatic carbocycles. The summed E-state index contributed by atoms with van der Waals surface area (Å²) in [6.07, 6.45) is 0. The van der Waals surface area contributed by atoms with Gasteiger partial charge in [0.1, 0.15) is 18.2 Å². The molecular weight excluding hydrogens is 344 g/mol. The molecule has 0 saturated carbocycles. The molecule has 0 radical (unpaired) electrons. The van der Waals surface area contributed by atoms with Crippen LogP contribution in [0.25, 0.3) is 0 Å². The molecule has 27 heavy (non-hydrogen) atoms. The molecule has 1 N–H and O–H groups in total. The molecule has 1 fully saturated rings. The molecule has 142 valence electrons. The predicted octanol–water partition coefficient (Wildman–Crippen LogP) is 1.68. The third kappa shape index (κ3) is 3.98. The van der Waals surface area contributed by atoms with Crippen LogP contribution < -0.4 is 19.9 Å². The van der Waals surface area contributed by atoms with E-state index in [1.165, 1.54) is 0 Å². The molecule has 1 saturated heterocycles. The van der Waals surface area contributed by atoms with E-state index in [1.54, 1.807) is 6.07 Å². The largest absolute Gasteiger partial charge is 0.490 e. The molecule has 7 nitrogen and oxygen atoms in total. The average Bonchev–Trinajstić information content (AvgIpc) is 2.73. The molecule has 2 aromatic rings. The lowest BCUT2D eigenvalue weighted by atomic mass is 10.1. The van der Waals surface area contributed by atoms with Crippen LogP contribution in [-0.4, -0.2) is 57.4 Å². The van der Waals surface area contributed by atoms with E-state index in [4.69, 9.17) is 9.47 Å². The number of pyridine rings is 1. The summed E-state index contributed by atoms with van der Waals surface area (Å²) in [5.74, 6) is 1.63.